The Morgan fingerprint density at radius 2 is 0.439 bits per heavy atom. The highest BCUT2D eigenvalue weighted by Gasteiger charge is 2.40. The van der Waals surface area contributed by atoms with Gasteiger partial charge in [0, 0.05) is 105 Å². The van der Waals surface area contributed by atoms with Crippen molar-refractivity contribution in [3.8, 4) is 158 Å². The molecule has 3 aliphatic rings. The van der Waals surface area contributed by atoms with Crippen molar-refractivity contribution in [3.63, 3.8) is 0 Å². The Hall–Kier alpha value is -17.0. The summed E-state index contributed by atoms with van der Waals surface area (Å²) in [5.41, 5.74) is 32.3. The molecule has 0 spiro atoms. The van der Waals surface area contributed by atoms with E-state index in [1.165, 1.54) is 66.8 Å². The number of furan rings is 3. The summed E-state index contributed by atoms with van der Waals surface area (Å²) in [6, 6.07) is 127. The SMILES string of the molecule is CC1(C)c2ccccc2-c2cc3oc4cccc(-c5ccc(-c6nc(-c7ccccc7)nc(-c7ccccc7)n6)cc5)c4c3cc21.CC1(C)c2ccccc2-c2cc3oc4cccc(-c5nc(-c6ccccc6)nc(-c6cccc(-c7ccccc7)c6)n5)c4c3cc21.CC1(C)c2ccccc2-c2cc3oc4cccc(-c5nc(-c6ccccc6)nc(-c6ncccn6)n5)c4c3cc21. The second-order valence-corrected chi connectivity index (χ2v) is 35.5. The summed E-state index contributed by atoms with van der Waals surface area (Å²) in [5, 5.41) is 6.40. The first kappa shape index (κ1) is 78.5. The van der Waals surface area contributed by atoms with Crippen LogP contribution in [0.4, 0.5) is 0 Å². The number of rotatable bonds is 11. The molecule has 0 N–H and O–H groups in total. The summed E-state index contributed by atoms with van der Waals surface area (Å²) < 4.78 is 19.5. The number of nitrogens with zero attached hydrogens (tertiary/aromatic N) is 11. The van der Waals surface area contributed by atoms with E-state index < -0.39 is 0 Å². The maximum Gasteiger partial charge on any atom is 0.201 e. The smallest absolute Gasteiger partial charge is 0.201 e. The minimum absolute atomic E-state index is 0.0813. The molecule has 7 heterocycles. The van der Waals surface area contributed by atoms with Gasteiger partial charge in [0.1, 0.15) is 33.5 Å². The fraction of sp³-hybridized carbons (Fsp3) is 0.0763. The minimum Gasteiger partial charge on any atom is -0.456 e. The van der Waals surface area contributed by atoms with Crippen LogP contribution in [0.2, 0.25) is 0 Å². The number of hydrogen-bond donors (Lipinski definition) is 0. The maximum atomic E-state index is 6.55. The van der Waals surface area contributed by atoms with E-state index in [2.05, 4.69) is 258 Å². The zero-order chi connectivity index (χ0) is 88.5. The quantitative estimate of drug-likeness (QED) is 0.119. The summed E-state index contributed by atoms with van der Waals surface area (Å²) in [7, 11) is 0. The van der Waals surface area contributed by atoms with E-state index in [1.54, 1.807) is 18.5 Å². The van der Waals surface area contributed by atoms with Gasteiger partial charge >= 0.3 is 0 Å². The number of fused-ring (bicyclic) bond motifs is 18. The van der Waals surface area contributed by atoms with Crippen molar-refractivity contribution in [1.82, 2.24) is 54.8 Å². The van der Waals surface area contributed by atoms with Crippen LogP contribution in [-0.2, 0) is 16.2 Å². The van der Waals surface area contributed by atoms with Gasteiger partial charge in [-0.2, -0.15) is 0 Å². The van der Waals surface area contributed by atoms with Gasteiger partial charge in [-0.25, -0.2) is 54.8 Å². The molecule has 0 amide bonds. The molecule has 23 aromatic rings. The minimum atomic E-state index is -0.122. The molecule has 0 saturated heterocycles. The van der Waals surface area contributed by atoms with Crippen LogP contribution in [0.3, 0.4) is 0 Å². The molecule has 14 nitrogen and oxygen atoms in total. The normalized spacial score (nSPS) is 13.3. The summed E-state index contributed by atoms with van der Waals surface area (Å²) in [6.07, 6.45) is 3.39. The third-order valence-corrected chi connectivity index (χ3v) is 26.6. The molecule has 14 heteroatoms. The zero-order valence-corrected chi connectivity index (χ0v) is 73.0. The maximum absolute atomic E-state index is 6.55. The molecule has 0 unspecified atom stereocenters. The van der Waals surface area contributed by atoms with Crippen molar-refractivity contribution < 1.29 is 13.3 Å². The van der Waals surface area contributed by atoms with Crippen molar-refractivity contribution in [2.45, 2.75) is 57.8 Å². The lowest BCUT2D eigenvalue weighted by Crippen LogP contribution is -2.14. The van der Waals surface area contributed by atoms with Crippen LogP contribution in [0.5, 0.6) is 0 Å². The molecule has 626 valence electrons. The van der Waals surface area contributed by atoms with E-state index >= 15 is 0 Å². The van der Waals surface area contributed by atoms with Crippen LogP contribution < -0.4 is 0 Å². The van der Waals surface area contributed by atoms with Gasteiger partial charge in [0.25, 0.3) is 0 Å². The van der Waals surface area contributed by atoms with Crippen molar-refractivity contribution in [1.29, 1.82) is 0 Å². The molecule has 16 aromatic carbocycles. The first-order valence-corrected chi connectivity index (χ1v) is 44.5. The first-order chi connectivity index (χ1) is 64.7. The zero-order valence-electron chi connectivity index (χ0n) is 73.0. The van der Waals surface area contributed by atoms with Gasteiger partial charge in [-0.15, -0.1) is 0 Å². The number of benzene rings is 16. The Kier molecular flexibility index (Phi) is 18.6. The van der Waals surface area contributed by atoms with Crippen molar-refractivity contribution in [3.05, 3.63) is 416 Å². The Morgan fingerprint density at radius 3 is 0.826 bits per heavy atom. The highest BCUT2D eigenvalue weighted by Crippen LogP contribution is 2.56. The third-order valence-electron chi connectivity index (χ3n) is 26.6. The van der Waals surface area contributed by atoms with Crippen LogP contribution >= 0.6 is 0 Å². The van der Waals surface area contributed by atoms with E-state index in [0.29, 0.717) is 58.2 Å². The average Bonchev–Trinajstić information content (AvgIpc) is 1.52. The first-order valence-electron chi connectivity index (χ1n) is 44.5. The largest absolute Gasteiger partial charge is 0.456 e. The molecule has 7 aromatic heterocycles. The van der Waals surface area contributed by atoms with Crippen molar-refractivity contribution in [2.75, 3.05) is 0 Å². The molecular weight excluding hydrogens is 1620 g/mol. The predicted molar refractivity (Wildman–Crippen MR) is 529 cm³/mol. The Labute approximate surface area is 761 Å². The van der Waals surface area contributed by atoms with Crippen LogP contribution in [0.25, 0.3) is 224 Å². The number of hydrogen-bond acceptors (Lipinski definition) is 14. The molecular formula is C118H81N11O3. The van der Waals surface area contributed by atoms with E-state index in [1.807, 2.05) is 158 Å². The fourth-order valence-electron chi connectivity index (χ4n) is 19.9. The van der Waals surface area contributed by atoms with E-state index in [9.17, 15) is 0 Å². The second kappa shape index (κ2) is 31.2. The molecule has 0 bridgehead atoms. The molecule has 3 aliphatic carbocycles. The van der Waals surface area contributed by atoms with Crippen LogP contribution in [0.15, 0.2) is 396 Å². The van der Waals surface area contributed by atoms with Gasteiger partial charge in [0.2, 0.25) is 5.82 Å². The Morgan fingerprint density at radius 1 is 0.167 bits per heavy atom. The lowest BCUT2D eigenvalue weighted by Gasteiger charge is -2.21. The summed E-state index contributed by atoms with van der Waals surface area (Å²) >= 11 is 0. The molecule has 0 saturated carbocycles. The van der Waals surface area contributed by atoms with E-state index in [-0.39, 0.29) is 16.2 Å². The highest BCUT2D eigenvalue weighted by atomic mass is 16.3. The molecule has 26 rings (SSSR count). The van der Waals surface area contributed by atoms with Crippen LogP contribution in [0, 0.1) is 0 Å². The molecule has 0 radical (unpaired) electrons. The van der Waals surface area contributed by atoms with Gasteiger partial charge in [-0.05, 0) is 156 Å². The highest BCUT2D eigenvalue weighted by molar-refractivity contribution is 6.16. The van der Waals surface area contributed by atoms with Gasteiger partial charge in [-0.3, -0.25) is 0 Å². The Bertz CT molecular complexity index is 8410. The van der Waals surface area contributed by atoms with Crippen LogP contribution in [-0.4, -0.2) is 54.8 Å². The predicted octanol–water partition coefficient (Wildman–Crippen LogP) is 29.4. The molecule has 0 aliphatic heterocycles. The van der Waals surface area contributed by atoms with Crippen LogP contribution in [0.1, 0.15) is 74.9 Å². The summed E-state index contributed by atoms with van der Waals surface area (Å²) in [4.78, 5) is 53.3. The summed E-state index contributed by atoms with van der Waals surface area (Å²) in [6.45, 7) is 13.8. The second-order valence-electron chi connectivity index (χ2n) is 35.5. The lowest BCUT2D eigenvalue weighted by molar-refractivity contribution is 0.657. The monoisotopic (exact) mass is 1700 g/mol. The average molecular weight is 1700 g/mol. The topological polar surface area (TPSA) is 181 Å². The van der Waals surface area contributed by atoms with Crippen molar-refractivity contribution in [2.24, 2.45) is 0 Å². The third kappa shape index (κ3) is 13.3. The fourth-order valence-corrected chi connectivity index (χ4v) is 19.9. The van der Waals surface area contributed by atoms with Crippen molar-refractivity contribution >= 4 is 65.8 Å². The molecule has 0 atom stereocenters. The van der Waals surface area contributed by atoms with E-state index in [0.717, 1.165) is 133 Å². The van der Waals surface area contributed by atoms with Gasteiger partial charge in [0.15, 0.2) is 52.4 Å². The van der Waals surface area contributed by atoms with Gasteiger partial charge in [-0.1, -0.05) is 345 Å². The van der Waals surface area contributed by atoms with E-state index in [4.69, 9.17) is 58.1 Å². The lowest BCUT2D eigenvalue weighted by atomic mass is 9.82. The summed E-state index contributed by atoms with van der Waals surface area (Å²) in [5.74, 6) is 5.81. The Balaban J connectivity index is 0.000000110. The van der Waals surface area contributed by atoms with Gasteiger partial charge < -0.3 is 13.3 Å². The molecule has 0 fully saturated rings. The molecule has 132 heavy (non-hydrogen) atoms. The van der Waals surface area contributed by atoms with Gasteiger partial charge in [0.05, 0.1) is 0 Å². The number of aromatic nitrogens is 11. The standard InChI is InChI=1S/2C42H29N3O.C34H23N5O/c1-42(2)34-21-10-9-19-30(34)32-25-37-33(24-35(32)42)38-31(20-12-22-36(38)46-37)41-44-39(27-15-7-4-8-16-27)43-40(45-41)29-18-11-17-28(23-29)26-13-5-3-6-14-26;1-42(2)34-18-10-9-16-31(34)32-25-37-33(24-35(32)42)38-30(17-11-19-36(38)46-37)26-20-22-29(23-21-26)41-44-39(27-12-5-3-6-13-27)43-40(45-41)28-14-7-4-8-15-28;1-34(2)25-14-7-6-12-21(25)23-19-28-24(18-26(23)34)29-22(13-8-15-27(29)40-28)31-37-30(20-10-4-3-5-11-20)38-33(39-31)32-35-16-9-17-36-32/h2*3-25H,1-2H3;3-19H,1-2H3.